The topological polar surface area (TPSA) is 89.9 Å². The highest BCUT2D eigenvalue weighted by atomic mass is 16.5. The summed E-state index contributed by atoms with van der Waals surface area (Å²) in [5.74, 6) is 0.0916. The Morgan fingerprint density at radius 1 is 1.19 bits per heavy atom. The fourth-order valence-corrected chi connectivity index (χ4v) is 8.48. The third kappa shape index (κ3) is 4.22. The lowest BCUT2D eigenvalue weighted by atomic mass is 9.44. The molecule has 0 amide bonds. The van der Waals surface area contributed by atoms with E-state index in [9.17, 15) is 19.5 Å². The lowest BCUT2D eigenvalue weighted by Crippen LogP contribution is -2.63. The zero-order valence-corrected chi connectivity index (χ0v) is 22.7. The first-order chi connectivity index (χ1) is 17.0. The maximum atomic E-state index is 13.8. The van der Waals surface area contributed by atoms with Crippen LogP contribution in [0.25, 0.3) is 0 Å². The van der Waals surface area contributed by atoms with Crippen molar-refractivity contribution < 1.29 is 29.0 Å². The van der Waals surface area contributed by atoms with Gasteiger partial charge in [0.2, 0.25) is 5.78 Å². The molecule has 0 aromatic heterocycles. The number of fused-ring (bicyclic) bond motifs is 5. The number of Topliss-reactive ketones (excluding diaryl/α,β-unsaturated/α-hetero) is 1. The smallest absolute Gasteiger partial charge is 0.305 e. The van der Waals surface area contributed by atoms with Crippen LogP contribution in [0.15, 0.2) is 23.8 Å². The summed E-state index contributed by atoms with van der Waals surface area (Å²) >= 11 is 0. The summed E-state index contributed by atoms with van der Waals surface area (Å²) in [5, 5.41) is 11.8. The van der Waals surface area contributed by atoms with E-state index in [0.717, 1.165) is 37.7 Å². The predicted molar refractivity (Wildman–Crippen MR) is 137 cm³/mol. The van der Waals surface area contributed by atoms with Gasteiger partial charge in [-0.05, 0) is 62.0 Å². The SMILES string of the molecule is CCCCCO[C@]1(C(=O)COC(=O)CC)CC[C@H]2[C@@H]3CC(C)C4=CC(=O)C=C[C@]4(C)[C@H]3C(O)C[C@@]21C. The van der Waals surface area contributed by atoms with Crippen LogP contribution in [0.3, 0.4) is 0 Å². The molecule has 0 radical (unpaired) electrons. The lowest BCUT2D eigenvalue weighted by Gasteiger charge is -2.61. The van der Waals surface area contributed by atoms with Crippen molar-refractivity contribution in [3.05, 3.63) is 23.8 Å². The number of ether oxygens (including phenoxy) is 2. The van der Waals surface area contributed by atoms with Crippen molar-refractivity contribution in [1.82, 2.24) is 0 Å². The summed E-state index contributed by atoms with van der Waals surface area (Å²) in [6.45, 7) is 10.5. The molecule has 4 aliphatic rings. The minimum Gasteiger partial charge on any atom is -0.458 e. The van der Waals surface area contributed by atoms with Crippen LogP contribution in [-0.4, -0.2) is 47.6 Å². The summed E-state index contributed by atoms with van der Waals surface area (Å²) in [4.78, 5) is 37.9. The Morgan fingerprint density at radius 3 is 2.64 bits per heavy atom. The second-order valence-corrected chi connectivity index (χ2v) is 12.1. The Kier molecular flexibility index (Phi) is 7.70. The van der Waals surface area contributed by atoms with Gasteiger partial charge in [-0.2, -0.15) is 0 Å². The van der Waals surface area contributed by atoms with Crippen LogP contribution in [0.4, 0.5) is 0 Å². The number of hydrogen-bond acceptors (Lipinski definition) is 6. The summed E-state index contributed by atoms with van der Waals surface area (Å²) in [6, 6.07) is 0. The Labute approximate surface area is 215 Å². The van der Waals surface area contributed by atoms with E-state index in [4.69, 9.17) is 9.47 Å². The second kappa shape index (κ2) is 10.2. The van der Waals surface area contributed by atoms with Crippen LogP contribution < -0.4 is 0 Å². The van der Waals surface area contributed by atoms with Crippen LogP contribution in [0, 0.1) is 34.5 Å². The molecule has 200 valence electrons. The van der Waals surface area contributed by atoms with Crippen molar-refractivity contribution in [3.63, 3.8) is 0 Å². The first kappa shape index (κ1) is 27.3. The molecule has 4 rings (SSSR count). The average Bonchev–Trinajstić information content (AvgIpc) is 3.13. The highest BCUT2D eigenvalue weighted by Gasteiger charge is 2.69. The van der Waals surface area contributed by atoms with Crippen LogP contribution in [0.2, 0.25) is 0 Å². The van der Waals surface area contributed by atoms with E-state index in [0.29, 0.717) is 19.4 Å². The van der Waals surface area contributed by atoms with E-state index in [-0.39, 0.29) is 59.7 Å². The molecular weight excluding hydrogens is 456 g/mol. The van der Waals surface area contributed by atoms with E-state index < -0.39 is 17.1 Å². The van der Waals surface area contributed by atoms with Crippen molar-refractivity contribution in [2.24, 2.45) is 34.5 Å². The summed E-state index contributed by atoms with van der Waals surface area (Å²) in [5.41, 5.74) is -0.864. The maximum absolute atomic E-state index is 13.8. The molecule has 3 saturated carbocycles. The zero-order valence-electron chi connectivity index (χ0n) is 22.7. The van der Waals surface area contributed by atoms with Gasteiger partial charge in [-0.15, -0.1) is 0 Å². The minimum absolute atomic E-state index is 0.00807. The number of carbonyl (C=O) groups is 3. The van der Waals surface area contributed by atoms with Crippen molar-refractivity contribution in [1.29, 1.82) is 0 Å². The van der Waals surface area contributed by atoms with Gasteiger partial charge in [0.25, 0.3) is 0 Å². The van der Waals surface area contributed by atoms with E-state index in [2.05, 4.69) is 27.7 Å². The fourth-order valence-electron chi connectivity index (χ4n) is 8.48. The molecule has 3 fully saturated rings. The van der Waals surface area contributed by atoms with Gasteiger partial charge in [0, 0.05) is 29.8 Å². The van der Waals surface area contributed by atoms with Crippen LogP contribution in [0.1, 0.15) is 86.0 Å². The monoisotopic (exact) mass is 500 g/mol. The number of aliphatic hydroxyl groups excluding tert-OH is 1. The highest BCUT2D eigenvalue weighted by molar-refractivity contribution is 6.01. The molecule has 1 N–H and O–H groups in total. The number of hydrogen-bond donors (Lipinski definition) is 1. The third-order valence-corrected chi connectivity index (χ3v) is 10.1. The van der Waals surface area contributed by atoms with E-state index in [1.807, 2.05) is 6.08 Å². The number of unbranched alkanes of at least 4 members (excludes halogenated alkanes) is 2. The van der Waals surface area contributed by atoms with Gasteiger partial charge in [0.1, 0.15) is 5.60 Å². The molecule has 0 aromatic carbocycles. The third-order valence-electron chi connectivity index (χ3n) is 10.1. The van der Waals surface area contributed by atoms with Crippen LogP contribution >= 0.6 is 0 Å². The van der Waals surface area contributed by atoms with Crippen molar-refractivity contribution in [2.45, 2.75) is 97.7 Å². The van der Waals surface area contributed by atoms with Gasteiger partial charge in [-0.25, -0.2) is 0 Å². The van der Waals surface area contributed by atoms with Gasteiger partial charge < -0.3 is 14.6 Å². The molecule has 4 aliphatic carbocycles. The van der Waals surface area contributed by atoms with E-state index in [1.165, 1.54) is 0 Å². The van der Waals surface area contributed by atoms with Gasteiger partial charge in [-0.1, -0.05) is 59.1 Å². The van der Waals surface area contributed by atoms with Crippen LogP contribution in [-0.2, 0) is 23.9 Å². The quantitative estimate of drug-likeness (QED) is 0.355. The molecule has 36 heavy (non-hydrogen) atoms. The highest BCUT2D eigenvalue weighted by Crippen LogP contribution is 2.68. The predicted octanol–water partition coefficient (Wildman–Crippen LogP) is 4.98. The van der Waals surface area contributed by atoms with Gasteiger partial charge in [0.15, 0.2) is 12.4 Å². The second-order valence-electron chi connectivity index (χ2n) is 12.1. The average molecular weight is 501 g/mol. The number of esters is 1. The molecule has 0 spiro atoms. The number of ketones is 2. The van der Waals surface area contributed by atoms with E-state index in [1.54, 1.807) is 19.1 Å². The first-order valence-electron chi connectivity index (χ1n) is 14.0. The largest absolute Gasteiger partial charge is 0.458 e. The molecule has 0 aliphatic heterocycles. The first-order valence-corrected chi connectivity index (χ1v) is 14.0. The molecule has 8 atom stereocenters. The maximum Gasteiger partial charge on any atom is 0.305 e. The van der Waals surface area contributed by atoms with Gasteiger partial charge in [-0.3, -0.25) is 14.4 Å². The van der Waals surface area contributed by atoms with Crippen molar-refractivity contribution in [2.75, 3.05) is 13.2 Å². The fraction of sp³-hybridized carbons (Fsp3) is 0.767. The number of rotatable bonds is 9. The summed E-state index contributed by atoms with van der Waals surface area (Å²) < 4.78 is 11.9. The Morgan fingerprint density at radius 2 is 1.94 bits per heavy atom. The van der Waals surface area contributed by atoms with Crippen LogP contribution in [0.5, 0.6) is 0 Å². The van der Waals surface area contributed by atoms with Gasteiger partial charge >= 0.3 is 5.97 Å². The molecule has 0 bridgehead atoms. The molecule has 0 aromatic rings. The van der Waals surface area contributed by atoms with Gasteiger partial charge in [0.05, 0.1) is 6.10 Å². The summed E-state index contributed by atoms with van der Waals surface area (Å²) in [6.07, 6.45) is 10.8. The Hall–Kier alpha value is -1.79. The zero-order chi connectivity index (χ0) is 26.3. The molecule has 0 saturated heterocycles. The van der Waals surface area contributed by atoms with E-state index >= 15 is 0 Å². The number of allylic oxidation sites excluding steroid dienone is 4. The Bertz CT molecular complexity index is 951. The standard InChI is InChI=1S/C30H44O6/c1-6-8-9-14-36-30(25(33)18-35-26(34)7-2)13-11-22-21-15-19(3)23-16-20(31)10-12-28(23,4)27(21)24(32)17-29(22,30)5/h10,12,16,19,21-22,24,27,32H,6-9,11,13-15,17-18H2,1-5H3/t19?,21-,22-,24?,27+,28-,29-,30-/m0/s1. The Balaban J connectivity index is 1.69. The molecule has 0 heterocycles. The molecule has 2 unspecified atom stereocenters. The lowest BCUT2D eigenvalue weighted by molar-refractivity contribution is -0.196. The van der Waals surface area contributed by atoms with Crippen molar-refractivity contribution in [3.8, 4) is 0 Å². The minimum atomic E-state index is -1.07. The molecule has 6 heteroatoms. The molecular formula is C30H44O6. The molecule has 6 nitrogen and oxygen atoms in total. The normalized spacial score (nSPS) is 41.2. The number of aliphatic hydroxyl groups is 1. The number of carbonyl (C=O) groups excluding carboxylic acids is 3. The summed E-state index contributed by atoms with van der Waals surface area (Å²) in [7, 11) is 0. The van der Waals surface area contributed by atoms with Crippen molar-refractivity contribution >= 4 is 17.5 Å².